The van der Waals surface area contributed by atoms with Crippen molar-refractivity contribution >= 4 is 11.8 Å². The summed E-state index contributed by atoms with van der Waals surface area (Å²) >= 11 is 1.53. The van der Waals surface area contributed by atoms with E-state index < -0.39 is 0 Å². The van der Waals surface area contributed by atoms with Gasteiger partial charge in [0.1, 0.15) is 5.82 Å². The third kappa shape index (κ3) is 4.41. The first-order valence-corrected chi connectivity index (χ1v) is 10.9. The zero-order valence-electron chi connectivity index (χ0n) is 17.5. The lowest BCUT2D eigenvalue weighted by molar-refractivity contribution is 0.590. The van der Waals surface area contributed by atoms with E-state index in [1.54, 1.807) is 4.68 Å². The Bertz CT molecular complexity index is 1110. The third-order valence-electron chi connectivity index (χ3n) is 5.00. The lowest BCUT2D eigenvalue weighted by Crippen LogP contribution is -2.13. The Morgan fingerprint density at radius 1 is 0.967 bits per heavy atom. The lowest BCUT2D eigenvalue weighted by Gasteiger charge is -2.19. The molecule has 154 valence electrons. The van der Waals surface area contributed by atoms with Gasteiger partial charge in [-0.1, -0.05) is 87.1 Å². The zero-order valence-corrected chi connectivity index (χ0v) is 18.3. The van der Waals surface area contributed by atoms with Gasteiger partial charge in [0.05, 0.1) is 5.75 Å². The predicted molar refractivity (Wildman–Crippen MR) is 122 cm³/mol. The van der Waals surface area contributed by atoms with Crippen LogP contribution in [-0.4, -0.2) is 24.4 Å². The summed E-state index contributed by atoms with van der Waals surface area (Å²) < 4.78 is 3.70. The summed E-state index contributed by atoms with van der Waals surface area (Å²) in [5.41, 5.74) is 3.58. The van der Waals surface area contributed by atoms with Gasteiger partial charge in [-0.15, -0.1) is 10.2 Å². The van der Waals surface area contributed by atoms with Crippen LogP contribution in [-0.2, 0) is 17.7 Å². The predicted octanol–water partition coefficient (Wildman–Crippen LogP) is 4.49. The molecule has 0 unspecified atom stereocenters. The molecule has 6 nitrogen and oxygen atoms in total. The molecule has 2 aromatic heterocycles. The summed E-state index contributed by atoms with van der Waals surface area (Å²) in [5.74, 6) is 8.60. The number of aromatic nitrogens is 5. The lowest BCUT2D eigenvalue weighted by atomic mass is 9.87. The van der Waals surface area contributed by atoms with Gasteiger partial charge in [0, 0.05) is 24.5 Å². The summed E-state index contributed by atoms with van der Waals surface area (Å²) in [4.78, 5) is 4.50. The zero-order chi connectivity index (χ0) is 21.1. The molecule has 0 saturated heterocycles. The molecule has 2 aromatic carbocycles. The van der Waals surface area contributed by atoms with Crippen molar-refractivity contribution in [1.29, 1.82) is 0 Å². The smallest absolute Gasteiger partial charge is 0.210 e. The van der Waals surface area contributed by atoms with Gasteiger partial charge in [-0.3, -0.25) is 0 Å². The van der Waals surface area contributed by atoms with Crippen LogP contribution >= 0.6 is 11.8 Å². The Kier molecular flexibility index (Phi) is 5.63. The van der Waals surface area contributed by atoms with Crippen molar-refractivity contribution in [2.24, 2.45) is 0 Å². The number of hydrogen-bond donors (Lipinski definition) is 1. The molecule has 0 aliphatic carbocycles. The number of nitrogens with two attached hydrogens (primary N) is 1. The number of nitrogens with zero attached hydrogens (tertiary/aromatic N) is 5. The highest BCUT2D eigenvalue weighted by Crippen LogP contribution is 2.27. The van der Waals surface area contributed by atoms with Crippen LogP contribution in [0.15, 0.2) is 72.1 Å². The van der Waals surface area contributed by atoms with E-state index in [-0.39, 0.29) is 5.41 Å². The van der Waals surface area contributed by atoms with E-state index in [9.17, 15) is 0 Å². The number of hydrogen-bond acceptors (Lipinski definition) is 5. The summed E-state index contributed by atoms with van der Waals surface area (Å²) in [7, 11) is 0. The highest BCUT2D eigenvalue weighted by Gasteiger charge is 2.16. The van der Waals surface area contributed by atoms with E-state index in [0.29, 0.717) is 16.7 Å². The second kappa shape index (κ2) is 8.36. The van der Waals surface area contributed by atoms with Crippen LogP contribution < -0.4 is 5.84 Å². The van der Waals surface area contributed by atoms with Crippen molar-refractivity contribution in [2.45, 2.75) is 43.6 Å². The molecule has 0 fully saturated rings. The first-order valence-electron chi connectivity index (χ1n) is 9.90. The molecule has 4 aromatic rings. The summed E-state index contributed by atoms with van der Waals surface area (Å²) in [5, 5.41) is 9.26. The van der Waals surface area contributed by atoms with Crippen LogP contribution in [0.5, 0.6) is 0 Å². The summed E-state index contributed by atoms with van der Waals surface area (Å²) in [6.45, 7) is 7.38. The van der Waals surface area contributed by atoms with Gasteiger partial charge in [-0.25, -0.2) is 9.66 Å². The molecular weight excluding hydrogens is 392 g/mol. The van der Waals surface area contributed by atoms with E-state index in [1.165, 1.54) is 22.9 Å². The minimum absolute atomic E-state index is 0.109. The van der Waals surface area contributed by atoms with Gasteiger partial charge in [0.25, 0.3) is 0 Å². The number of nitrogen functional groups attached to an aromatic ring is 1. The summed E-state index contributed by atoms with van der Waals surface area (Å²) in [6.07, 6.45) is 3.83. The quantitative estimate of drug-likeness (QED) is 0.369. The SMILES string of the molecule is CC(C)(C)c1ccc(-c2nnc(SCc3nccn3Cc3ccccc3)n2N)cc1. The van der Waals surface area contributed by atoms with Gasteiger partial charge in [0.2, 0.25) is 5.16 Å². The molecule has 30 heavy (non-hydrogen) atoms. The van der Waals surface area contributed by atoms with Crippen molar-refractivity contribution in [1.82, 2.24) is 24.4 Å². The Labute approximate surface area is 181 Å². The standard InChI is InChI=1S/C23H26N6S/c1-23(2,3)19-11-9-18(10-12-19)21-26-27-22(29(21)24)30-16-20-25-13-14-28(20)15-17-7-5-4-6-8-17/h4-14H,15-16,24H2,1-3H3. The Morgan fingerprint density at radius 3 is 2.40 bits per heavy atom. The molecule has 2 heterocycles. The molecule has 2 N–H and O–H groups in total. The fourth-order valence-electron chi connectivity index (χ4n) is 3.23. The van der Waals surface area contributed by atoms with Crippen LogP contribution in [0.1, 0.15) is 37.7 Å². The van der Waals surface area contributed by atoms with E-state index in [2.05, 4.69) is 76.9 Å². The van der Waals surface area contributed by atoms with Crippen molar-refractivity contribution in [3.63, 3.8) is 0 Å². The maximum Gasteiger partial charge on any atom is 0.210 e. The number of thioether (sulfide) groups is 1. The van der Waals surface area contributed by atoms with Crippen LogP contribution in [0.3, 0.4) is 0 Å². The van der Waals surface area contributed by atoms with Crippen molar-refractivity contribution in [3.05, 3.63) is 83.9 Å². The molecule has 0 spiro atoms. The number of rotatable bonds is 6. The molecule has 7 heteroatoms. The highest BCUT2D eigenvalue weighted by atomic mass is 32.2. The van der Waals surface area contributed by atoms with Gasteiger partial charge in [-0.05, 0) is 16.5 Å². The van der Waals surface area contributed by atoms with Crippen molar-refractivity contribution in [2.75, 3.05) is 5.84 Å². The van der Waals surface area contributed by atoms with Gasteiger partial charge >= 0.3 is 0 Å². The van der Waals surface area contributed by atoms with Crippen LogP contribution in [0.2, 0.25) is 0 Å². The molecule has 4 rings (SSSR count). The molecule has 0 aliphatic heterocycles. The van der Waals surface area contributed by atoms with Gasteiger partial charge in [-0.2, -0.15) is 0 Å². The van der Waals surface area contributed by atoms with Gasteiger partial charge < -0.3 is 10.4 Å². The van der Waals surface area contributed by atoms with E-state index in [0.717, 1.165) is 17.9 Å². The minimum atomic E-state index is 0.109. The third-order valence-corrected chi connectivity index (χ3v) is 5.94. The fourth-order valence-corrected chi connectivity index (χ4v) is 4.05. The molecular formula is C23H26N6S. The molecule has 0 radical (unpaired) electrons. The highest BCUT2D eigenvalue weighted by molar-refractivity contribution is 7.98. The summed E-state index contributed by atoms with van der Waals surface area (Å²) in [6, 6.07) is 18.7. The average Bonchev–Trinajstić information content (AvgIpc) is 3.33. The van der Waals surface area contributed by atoms with Crippen molar-refractivity contribution in [3.8, 4) is 11.4 Å². The first kappa shape index (κ1) is 20.2. The van der Waals surface area contributed by atoms with E-state index in [1.807, 2.05) is 30.6 Å². The van der Waals surface area contributed by atoms with Crippen LogP contribution in [0.4, 0.5) is 0 Å². The second-order valence-corrected chi connectivity index (χ2v) is 9.19. The normalized spacial score (nSPS) is 11.7. The minimum Gasteiger partial charge on any atom is -0.335 e. The topological polar surface area (TPSA) is 74.5 Å². The Balaban J connectivity index is 1.46. The van der Waals surface area contributed by atoms with Crippen LogP contribution in [0, 0.1) is 0 Å². The van der Waals surface area contributed by atoms with E-state index in [4.69, 9.17) is 5.84 Å². The Morgan fingerprint density at radius 2 is 1.70 bits per heavy atom. The maximum atomic E-state index is 6.30. The van der Waals surface area contributed by atoms with E-state index >= 15 is 0 Å². The van der Waals surface area contributed by atoms with Gasteiger partial charge in [0.15, 0.2) is 5.82 Å². The number of benzene rings is 2. The van der Waals surface area contributed by atoms with Crippen molar-refractivity contribution < 1.29 is 0 Å². The molecule has 0 amide bonds. The second-order valence-electron chi connectivity index (χ2n) is 8.25. The number of imidazole rings is 1. The van der Waals surface area contributed by atoms with Crippen LogP contribution in [0.25, 0.3) is 11.4 Å². The molecule has 0 aliphatic rings. The monoisotopic (exact) mass is 418 g/mol. The molecule has 0 atom stereocenters. The molecule has 0 saturated carbocycles. The maximum absolute atomic E-state index is 6.30. The molecule has 0 bridgehead atoms. The largest absolute Gasteiger partial charge is 0.335 e. The Hall–Kier alpha value is -3.06. The fraction of sp³-hybridized carbons (Fsp3) is 0.261. The first-order chi connectivity index (χ1) is 14.4. The average molecular weight is 419 g/mol.